The fourth-order valence-electron chi connectivity index (χ4n) is 2.95. The average Bonchev–Trinajstić information content (AvgIpc) is 2.78. The third kappa shape index (κ3) is 5.49. The van der Waals surface area contributed by atoms with Gasteiger partial charge < -0.3 is 11.1 Å². The number of carbonyl (C=O) groups excluding carboxylic acids is 2. The van der Waals surface area contributed by atoms with Crippen LogP contribution in [0.15, 0.2) is 82.6 Å². The van der Waals surface area contributed by atoms with Crippen molar-refractivity contribution in [1.29, 1.82) is 0 Å². The van der Waals surface area contributed by atoms with E-state index < -0.39 is 28.4 Å². The second kappa shape index (κ2) is 9.88. The number of nitrogens with two attached hydrogens (primary N) is 1. The van der Waals surface area contributed by atoms with Crippen molar-refractivity contribution in [3.8, 4) is 0 Å². The lowest BCUT2D eigenvalue weighted by Crippen LogP contribution is -2.38. The molecule has 0 bridgehead atoms. The van der Waals surface area contributed by atoms with Gasteiger partial charge in [-0.1, -0.05) is 17.7 Å². The van der Waals surface area contributed by atoms with Crippen molar-refractivity contribution in [2.75, 3.05) is 22.4 Å². The normalized spacial score (nSPS) is 11.1. The predicted molar refractivity (Wildman–Crippen MR) is 128 cm³/mol. The molecule has 0 fully saturated rings. The first kappa shape index (κ1) is 23.4. The molecule has 3 aromatic rings. The fraction of sp³-hybridized carbons (Fsp3) is 0.130. The van der Waals surface area contributed by atoms with Crippen molar-refractivity contribution in [2.45, 2.75) is 16.7 Å². The molecule has 3 rings (SSSR count). The molecule has 0 unspecified atom stereocenters. The van der Waals surface area contributed by atoms with Gasteiger partial charge in [0.15, 0.2) is 0 Å². The molecule has 0 spiro atoms. The zero-order valence-electron chi connectivity index (χ0n) is 17.6. The summed E-state index contributed by atoms with van der Waals surface area (Å²) in [6.07, 6.45) is 1.91. The Hall–Kier alpha value is -3.30. The number of rotatable bonds is 8. The molecule has 0 aliphatic heterocycles. The number of carbonyl (C=O) groups is 2. The predicted octanol–water partition coefficient (Wildman–Crippen LogP) is 3.65. The van der Waals surface area contributed by atoms with Crippen molar-refractivity contribution in [2.24, 2.45) is 5.73 Å². The molecule has 9 heteroatoms. The Bertz CT molecular complexity index is 1210. The minimum atomic E-state index is -4.00. The fourth-order valence-corrected chi connectivity index (χ4v) is 4.78. The summed E-state index contributed by atoms with van der Waals surface area (Å²) in [5, 5.41) is 2.66. The summed E-state index contributed by atoms with van der Waals surface area (Å²) in [6, 6.07) is 19.5. The number of anilines is 2. The SMILES string of the molecule is CSc1ccc(S(=O)(=O)N(CC(=O)Nc2ccc(C(N)=O)cc2)c2ccc(C)cc2)cc1. The highest BCUT2D eigenvalue weighted by molar-refractivity contribution is 7.98. The molecule has 7 nitrogen and oxygen atoms in total. The van der Waals surface area contributed by atoms with Crippen LogP contribution in [0.4, 0.5) is 11.4 Å². The molecule has 0 atom stereocenters. The van der Waals surface area contributed by atoms with Gasteiger partial charge in [-0.3, -0.25) is 13.9 Å². The lowest BCUT2D eigenvalue weighted by atomic mass is 10.2. The first-order chi connectivity index (χ1) is 15.2. The molecule has 0 heterocycles. The van der Waals surface area contributed by atoms with Crippen molar-refractivity contribution >= 4 is 45.0 Å². The third-order valence-corrected chi connectivity index (χ3v) is 7.24. The number of hydrogen-bond donors (Lipinski definition) is 2. The summed E-state index contributed by atoms with van der Waals surface area (Å²) in [5.74, 6) is -1.10. The van der Waals surface area contributed by atoms with Gasteiger partial charge >= 0.3 is 0 Å². The maximum Gasteiger partial charge on any atom is 0.264 e. The maximum absolute atomic E-state index is 13.4. The highest BCUT2D eigenvalue weighted by Crippen LogP contribution is 2.26. The molecule has 3 aromatic carbocycles. The van der Waals surface area contributed by atoms with Crippen LogP contribution in [0, 0.1) is 6.92 Å². The van der Waals surface area contributed by atoms with Crippen LogP contribution >= 0.6 is 11.8 Å². The third-order valence-electron chi connectivity index (χ3n) is 4.71. The molecular formula is C23H23N3O4S2. The topological polar surface area (TPSA) is 110 Å². The molecule has 0 aromatic heterocycles. The van der Waals surface area contributed by atoms with Crippen molar-refractivity contribution < 1.29 is 18.0 Å². The lowest BCUT2D eigenvalue weighted by molar-refractivity contribution is -0.114. The van der Waals surface area contributed by atoms with E-state index in [2.05, 4.69) is 5.32 Å². The summed E-state index contributed by atoms with van der Waals surface area (Å²) in [4.78, 5) is 25.0. The number of hydrogen-bond acceptors (Lipinski definition) is 5. The highest BCUT2D eigenvalue weighted by Gasteiger charge is 2.27. The first-order valence-electron chi connectivity index (χ1n) is 9.64. The number of aryl methyl sites for hydroxylation is 1. The van der Waals surface area contributed by atoms with Crippen LogP contribution in [0.2, 0.25) is 0 Å². The molecule has 0 aliphatic rings. The van der Waals surface area contributed by atoms with E-state index in [4.69, 9.17) is 5.73 Å². The largest absolute Gasteiger partial charge is 0.366 e. The van der Waals surface area contributed by atoms with Gasteiger partial charge in [-0.15, -0.1) is 11.8 Å². The molecule has 0 saturated heterocycles. The zero-order chi connectivity index (χ0) is 23.3. The Kier molecular flexibility index (Phi) is 7.22. The Morgan fingerprint density at radius 1 is 0.938 bits per heavy atom. The van der Waals surface area contributed by atoms with Crippen LogP contribution in [0.5, 0.6) is 0 Å². The molecule has 32 heavy (non-hydrogen) atoms. The maximum atomic E-state index is 13.4. The second-order valence-electron chi connectivity index (χ2n) is 7.01. The van der Waals surface area contributed by atoms with Crippen LogP contribution in [0.1, 0.15) is 15.9 Å². The second-order valence-corrected chi connectivity index (χ2v) is 9.75. The van der Waals surface area contributed by atoms with Gasteiger partial charge in [0, 0.05) is 16.1 Å². The Morgan fingerprint density at radius 2 is 1.53 bits per heavy atom. The van der Waals surface area contributed by atoms with E-state index >= 15 is 0 Å². The number of thioether (sulfide) groups is 1. The standard InChI is InChI=1S/C23H23N3O4S2/c1-16-3-9-19(10-4-16)26(32(29,30)21-13-11-20(31-2)12-14-21)15-22(27)25-18-7-5-17(6-8-18)23(24)28/h3-14H,15H2,1-2H3,(H2,24,28)(H,25,27). The quantitative estimate of drug-likeness (QED) is 0.490. The minimum absolute atomic E-state index is 0.0921. The molecule has 0 radical (unpaired) electrons. The van der Waals surface area contributed by atoms with Gasteiger partial charge in [0.2, 0.25) is 11.8 Å². The monoisotopic (exact) mass is 469 g/mol. The molecule has 0 aliphatic carbocycles. The van der Waals surface area contributed by atoms with Crippen molar-refractivity contribution in [1.82, 2.24) is 0 Å². The van der Waals surface area contributed by atoms with E-state index in [1.54, 1.807) is 36.4 Å². The number of primary amides is 1. The van der Waals surface area contributed by atoms with Gasteiger partial charge in [0.25, 0.3) is 10.0 Å². The summed E-state index contributed by atoms with van der Waals surface area (Å²) < 4.78 is 27.9. The first-order valence-corrected chi connectivity index (χ1v) is 12.3. The Morgan fingerprint density at radius 3 is 2.06 bits per heavy atom. The summed E-state index contributed by atoms with van der Waals surface area (Å²) >= 11 is 1.51. The molecule has 166 valence electrons. The van der Waals surface area contributed by atoms with Crippen molar-refractivity contribution in [3.05, 3.63) is 83.9 Å². The van der Waals surface area contributed by atoms with Gasteiger partial charge in [0.1, 0.15) is 6.54 Å². The summed E-state index contributed by atoms with van der Waals surface area (Å²) in [6.45, 7) is 1.47. The smallest absolute Gasteiger partial charge is 0.264 e. The molecule has 0 saturated carbocycles. The van der Waals surface area contributed by atoms with E-state index in [0.717, 1.165) is 14.8 Å². The van der Waals surface area contributed by atoms with Gasteiger partial charge in [-0.25, -0.2) is 8.42 Å². The van der Waals surface area contributed by atoms with Crippen LogP contribution in [0.3, 0.4) is 0 Å². The lowest BCUT2D eigenvalue weighted by Gasteiger charge is -2.24. The highest BCUT2D eigenvalue weighted by atomic mass is 32.2. The van der Waals surface area contributed by atoms with E-state index in [0.29, 0.717) is 16.9 Å². The van der Waals surface area contributed by atoms with E-state index in [1.807, 2.05) is 13.2 Å². The average molecular weight is 470 g/mol. The molecule has 3 N–H and O–H groups in total. The summed E-state index contributed by atoms with van der Waals surface area (Å²) in [7, 11) is -4.00. The molecular weight excluding hydrogens is 446 g/mol. The summed E-state index contributed by atoms with van der Waals surface area (Å²) in [5.41, 5.74) is 7.30. The van der Waals surface area contributed by atoms with Crippen molar-refractivity contribution in [3.63, 3.8) is 0 Å². The van der Waals surface area contributed by atoms with Gasteiger partial charge in [-0.05, 0) is 73.8 Å². The number of benzene rings is 3. The van der Waals surface area contributed by atoms with E-state index in [9.17, 15) is 18.0 Å². The van der Waals surface area contributed by atoms with Gasteiger partial charge in [0.05, 0.1) is 10.6 Å². The van der Waals surface area contributed by atoms with Crippen LogP contribution in [-0.2, 0) is 14.8 Å². The van der Waals surface area contributed by atoms with E-state index in [1.165, 1.54) is 48.2 Å². The van der Waals surface area contributed by atoms with Crippen LogP contribution in [-0.4, -0.2) is 33.0 Å². The van der Waals surface area contributed by atoms with Gasteiger partial charge in [-0.2, -0.15) is 0 Å². The Balaban J connectivity index is 1.89. The number of sulfonamides is 1. The van der Waals surface area contributed by atoms with Crippen LogP contribution in [0.25, 0.3) is 0 Å². The number of nitrogens with zero attached hydrogens (tertiary/aromatic N) is 1. The minimum Gasteiger partial charge on any atom is -0.366 e. The number of nitrogens with one attached hydrogen (secondary N) is 1. The number of amides is 2. The molecule has 2 amide bonds. The zero-order valence-corrected chi connectivity index (χ0v) is 19.2. The van der Waals surface area contributed by atoms with E-state index in [-0.39, 0.29) is 4.90 Å². The Labute approximate surface area is 191 Å². The van der Waals surface area contributed by atoms with Crippen LogP contribution < -0.4 is 15.4 Å².